The molecule has 0 fully saturated rings. The average molecular weight is 427 g/mol. The van der Waals surface area contributed by atoms with Gasteiger partial charge < -0.3 is 19.7 Å². The van der Waals surface area contributed by atoms with Crippen molar-refractivity contribution in [1.82, 2.24) is 4.90 Å². The van der Waals surface area contributed by atoms with Gasteiger partial charge in [0.1, 0.15) is 5.75 Å². The lowest BCUT2D eigenvalue weighted by Crippen LogP contribution is -2.37. The molecule has 0 spiro atoms. The van der Waals surface area contributed by atoms with E-state index < -0.39 is 18.5 Å². The normalized spacial score (nSPS) is 10.5. The topological polar surface area (TPSA) is 84.9 Å². The van der Waals surface area contributed by atoms with Crippen molar-refractivity contribution in [2.45, 2.75) is 27.7 Å². The van der Waals surface area contributed by atoms with E-state index in [1.165, 1.54) is 11.9 Å². The molecule has 2 aromatic rings. The molecule has 7 nitrogen and oxygen atoms in total. The first-order valence-corrected chi connectivity index (χ1v) is 10.2. The molecule has 31 heavy (non-hydrogen) atoms. The van der Waals surface area contributed by atoms with Crippen LogP contribution in [0, 0.1) is 19.8 Å². The lowest BCUT2D eigenvalue weighted by Gasteiger charge is -2.17. The van der Waals surface area contributed by atoms with Crippen LogP contribution in [-0.2, 0) is 14.3 Å². The van der Waals surface area contributed by atoms with Crippen molar-refractivity contribution >= 4 is 23.5 Å². The van der Waals surface area contributed by atoms with Crippen LogP contribution in [0.5, 0.6) is 5.75 Å². The smallest absolute Gasteiger partial charge is 0.338 e. The Bertz CT molecular complexity index is 922. The molecule has 0 heterocycles. The molecule has 0 saturated carbocycles. The predicted octanol–water partition coefficient (Wildman–Crippen LogP) is 3.59. The third-order valence-corrected chi connectivity index (χ3v) is 4.47. The fourth-order valence-corrected chi connectivity index (χ4v) is 2.63. The lowest BCUT2D eigenvalue weighted by atomic mass is 10.1. The maximum absolute atomic E-state index is 12.3. The van der Waals surface area contributed by atoms with E-state index in [0.717, 1.165) is 11.1 Å². The number of esters is 1. The Morgan fingerprint density at radius 1 is 1.03 bits per heavy atom. The van der Waals surface area contributed by atoms with Gasteiger partial charge in [0.25, 0.3) is 5.91 Å². The standard InChI is InChI=1S/C24H30N2O5/c1-16(2)14-30-20-10-8-19(9-11-20)24(29)31-15-23(28)26(5)13-22(27)25-21-12-17(3)6-7-18(21)4/h6-12,16H,13-15H2,1-5H3,(H,25,27). The van der Waals surface area contributed by atoms with Gasteiger partial charge in [0, 0.05) is 12.7 Å². The van der Waals surface area contributed by atoms with Gasteiger partial charge in [-0.1, -0.05) is 26.0 Å². The van der Waals surface area contributed by atoms with Crippen LogP contribution in [0.2, 0.25) is 0 Å². The van der Waals surface area contributed by atoms with Crippen LogP contribution in [0.15, 0.2) is 42.5 Å². The zero-order chi connectivity index (χ0) is 23.0. The zero-order valence-electron chi connectivity index (χ0n) is 18.7. The summed E-state index contributed by atoms with van der Waals surface area (Å²) in [4.78, 5) is 37.9. The van der Waals surface area contributed by atoms with Gasteiger partial charge in [-0.05, 0) is 61.2 Å². The predicted molar refractivity (Wildman–Crippen MR) is 119 cm³/mol. The third-order valence-electron chi connectivity index (χ3n) is 4.47. The summed E-state index contributed by atoms with van der Waals surface area (Å²) in [6, 6.07) is 12.3. The summed E-state index contributed by atoms with van der Waals surface area (Å²) < 4.78 is 10.7. The molecule has 1 N–H and O–H groups in total. The van der Waals surface area contributed by atoms with Crippen LogP contribution in [0.1, 0.15) is 35.3 Å². The van der Waals surface area contributed by atoms with E-state index >= 15 is 0 Å². The lowest BCUT2D eigenvalue weighted by molar-refractivity contribution is -0.136. The van der Waals surface area contributed by atoms with Crippen LogP contribution >= 0.6 is 0 Å². The molecular formula is C24H30N2O5. The molecule has 0 aromatic heterocycles. The maximum Gasteiger partial charge on any atom is 0.338 e. The minimum atomic E-state index is -0.614. The quantitative estimate of drug-likeness (QED) is 0.620. The highest BCUT2D eigenvalue weighted by atomic mass is 16.5. The van der Waals surface area contributed by atoms with Gasteiger partial charge in [0.2, 0.25) is 5.91 Å². The van der Waals surface area contributed by atoms with Crippen molar-refractivity contribution in [2.24, 2.45) is 5.92 Å². The Labute approximate surface area is 183 Å². The average Bonchev–Trinajstić information content (AvgIpc) is 2.73. The summed E-state index contributed by atoms with van der Waals surface area (Å²) in [5.41, 5.74) is 2.98. The fourth-order valence-electron chi connectivity index (χ4n) is 2.63. The molecule has 2 amide bonds. The minimum absolute atomic E-state index is 0.147. The summed E-state index contributed by atoms with van der Waals surface area (Å²) >= 11 is 0. The van der Waals surface area contributed by atoms with Gasteiger partial charge >= 0.3 is 5.97 Å². The number of anilines is 1. The monoisotopic (exact) mass is 426 g/mol. The van der Waals surface area contributed by atoms with Gasteiger partial charge in [0.05, 0.1) is 18.7 Å². The molecule has 0 bridgehead atoms. The molecule has 0 unspecified atom stereocenters. The van der Waals surface area contributed by atoms with Crippen LogP contribution in [0.4, 0.5) is 5.69 Å². The first kappa shape index (κ1) is 23.9. The van der Waals surface area contributed by atoms with Gasteiger partial charge in [-0.2, -0.15) is 0 Å². The fraction of sp³-hybridized carbons (Fsp3) is 0.375. The summed E-state index contributed by atoms with van der Waals surface area (Å²) in [5.74, 6) is -0.349. The van der Waals surface area contributed by atoms with Crippen molar-refractivity contribution in [3.05, 3.63) is 59.2 Å². The third kappa shape index (κ3) is 7.77. The maximum atomic E-state index is 12.3. The van der Waals surface area contributed by atoms with E-state index in [9.17, 15) is 14.4 Å². The van der Waals surface area contributed by atoms with Crippen molar-refractivity contribution in [3.63, 3.8) is 0 Å². The number of ether oxygens (including phenoxy) is 2. The first-order valence-electron chi connectivity index (χ1n) is 10.2. The molecular weight excluding hydrogens is 396 g/mol. The SMILES string of the molecule is Cc1ccc(C)c(NC(=O)CN(C)C(=O)COC(=O)c2ccc(OCC(C)C)cc2)c1. The molecule has 166 valence electrons. The zero-order valence-corrected chi connectivity index (χ0v) is 18.7. The van der Waals surface area contributed by atoms with E-state index in [1.54, 1.807) is 24.3 Å². The van der Waals surface area contributed by atoms with E-state index in [2.05, 4.69) is 5.32 Å². The number of nitrogens with one attached hydrogen (secondary N) is 1. The van der Waals surface area contributed by atoms with Crippen LogP contribution in [-0.4, -0.2) is 49.5 Å². The van der Waals surface area contributed by atoms with Crippen molar-refractivity contribution in [1.29, 1.82) is 0 Å². The van der Waals surface area contributed by atoms with E-state index in [4.69, 9.17) is 9.47 Å². The van der Waals surface area contributed by atoms with Crippen LogP contribution in [0.25, 0.3) is 0 Å². The Morgan fingerprint density at radius 2 is 1.71 bits per heavy atom. The van der Waals surface area contributed by atoms with Crippen LogP contribution in [0.3, 0.4) is 0 Å². The van der Waals surface area contributed by atoms with Crippen molar-refractivity contribution in [3.8, 4) is 5.75 Å². The Morgan fingerprint density at radius 3 is 2.35 bits per heavy atom. The number of carbonyl (C=O) groups excluding carboxylic acids is 3. The molecule has 7 heteroatoms. The van der Waals surface area contributed by atoms with Crippen LogP contribution < -0.4 is 10.1 Å². The Hall–Kier alpha value is -3.35. The second-order valence-electron chi connectivity index (χ2n) is 7.92. The highest BCUT2D eigenvalue weighted by molar-refractivity contribution is 5.96. The molecule has 0 aliphatic carbocycles. The molecule has 0 aliphatic rings. The number of benzene rings is 2. The minimum Gasteiger partial charge on any atom is -0.493 e. The molecule has 2 rings (SSSR count). The van der Waals surface area contributed by atoms with E-state index in [-0.39, 0.29) is 12.5 Å². The molecule has 0 aliphatic heterocycles. The number of nitrogens with zero attached hydrogens (tertiary/aromatic N) is 1. The molecule has 0 radical (unpaired) electrons. The summed E-state index contributed by atoms with van der Waals surface area (Å²) in [5, 5.41) is 2.80. The first-order chi connectivity index (χ1) is 14.7. The number of amides is 2. The summed E-state index contributed by atoms with van der Waals surface area (Å²) in [7, 11) is 1.49. The number of carbonyl (C=O) groups is 3. The van der Waals surface area contributed by atoms with Gasteiger partial charge in [-0.25, -0.2) is 4.79 Å². The second-order valence-corrected chi connectivity index (χ2v) is 7.92. The summed E-state index contributed by atoms with van der Waals surface area (Å²) in [6.45, 7) is 7.92. The molecule has 0 saturated heterocycles. The number of hydrogen-bond donors (Lipinski definition) is 1. The Kier molecular flexibility index (Phi) is 8.61. The van der Waals surface area contributed by atoms with Gasteiger partial charge in [0.15, 0.2) is 6.61 Å². The van der Waals surface area contributed by atoms with Gasteiger partial charge in [-0.15, -0.1) is 0 Å². The Balaban J connectivity index is 1.81. The van der Waals surface area contributed by atoms with Crippen molar-refractivity contribution in [2.75, 3.05) is 32.1 Å². The number of aryl methyl sites for hydroxylation is 2. The van der Waals surface area contributed by atoms with Crippen molar-refractivity contribution < 1.29 is 23.9 Å². The number of hydrogen-bond acceptors (Lipinski definition) is 5. The molecule has 0 atom stereocenters. The largest absolute Gasteiger partial charge is 0.493 e. The highest BCUT2D eigenvalue weighted by Gasteiger charge is 2.16. The highest BCUT2D eigenvalue weighted by Crippen LogP contribution is 2.16. The molecule has 2 aromatic carbocycles. The van der Waals surface area contributed by atoms with E-state index in [0.29, 0.717) is 29.5 Å². The number of rotatable bonds is 9. The second kappa shape index (κ2) is 11.2. The van der Waals surface area contributed by atoms with Gasteiger partial charge in [-0.3, -0.25) is 9.59 Å². The number of likely N-dealkylation sites (N-methyl/N-ethyl adjacent to an activating group) is 1. The summed E-state index contributed by atoms with van der Waals surface area (Å²) in [6.07, 6.45) is 0. The van der Waals surface area contributed by atoms with E-state index in [1.807, 2.05) is 45.9 Å².